The fourth-order valence-electron chi connectivity index (χ4n) is 2.01. The lowest BCUT2D eigenvalue weighted by molar-refractivity contribution is 0.0526. The summed E-state index contributed by atoms with van der Waals surface area (Å²) in [5.74, 6) is 0.187. The highest BCUT2D eigenvalue weighted by atomic mass is 16.5. The zero-order chi connectivity index (χ0) is 15.8. The van der Waals surface area contributed by atoms with Crippen molar-refractivity contribution in [3.63, 3.8) is 0 Å². The number of ether oxygens (including phenoxy) is 2. The van der Waals surface area contributed by atoms with E-state index in [1.807, 2.05) is 0 Å². The Labute approximate surface area is 126 Å². The summed E-state index contributed by atoms with van der Waals surface area (Å²) in [6.45, 7) is 7.46. The van der Waals surface area contributed by atoms with Gasteiger partial charge in [-0.2, -0.15) is 0 Å². The Morgan fingerprint density at radius 2 is 2.19 bits per heavy atom. The molecule has 0 saturated carbocycles. The minimum atomic E-state index is -0.405. The van der Waals surface area contributed by atoms with Crippen molar-refractivity contribution in [2.24, 2.45) is 0 Å². The van der Waals surface area contributed by atoms with Crippen LogP contribution >= 0.6 is 0 Å². The molecule has 1 atom stereocenters. The maximum atomic E-state index is 12.1. The third-order valence-electron chi connectivity index (χ3n) is 3.31. The zero-order valence-corrected chi connectivity index (χ0v) is 13.3. The van der Waals surface area contributed by atoms with Crippen LogP contribution in [0.15, 0.2) is 12.3 Å². The van der Waals surface area contributed by atoms with Gasteiger partial charge in [0.2, 0.25) is 0 Å². The standard InChI is InChI=1S/C15H25N3O3/c1-5-11(3)18(7-8-20-4)14-13(15(19)21-6-2)9-12(16)10-17-14/h9-11H,5-8,16H2,1-4H3. The molecule has 0 aliphatic heterocycles. The Balaban J connectivity index is 3.19. The summed E-state index contributed by atoms with van der Waals surface area (Å²) in [6, 6.07) is 1.84. The van der Waals surface area contributed by atoms with Gasteiger partial charge >= 0.3 is 5.97 Å². The van der Waals surface area contributed by atoms with E-state index in [0.29, 0.717) is 36.8 Å². The minimum absolute atomic E-state index is 0.226. The Morgan fingerprint density at radius 1 is 1.48 bits per heavy atom. The molecule has 0 radical (unpaired) electrons. The van der Waals surface area contributed by atoms with Crippen molar-refractivity contribution in [2.45, 2.75) is 33.2 Å². The second kappa shape index (κ2) is 8.46. The Bertz CT molecular complexity index is 465. The molecule has 0 spiro atoms. The maximum absolute atomic E-state index is 12.1. The lowest BCUT2D eigenvalue weighted by Crippen LogP contribution is -2.37. The van der Waals surface area contributed by atoms with Gasteiger partial charge in [0, 0.05) is 19.7 Å². The van der Waals surface area contributed by atoms with Crippen molar-refractivity contribution in [3.8, 4) is 0 Å². The molecule has 0 amide bonds. The number of hydrogen-bond donors (Lipinski definition) is 1. The summed E-state index contributed by atoms with van der Waals surface area (Å²) in [5, 5.41) is 0. The minimum Gasteiger partial charge on any atom is -0.462 e. The number of rotatable bonds is 8. The van der Waals surface area contributed by atoms with Gasteiger partial charge in [-0.1, -0.05) is 6.92 Å². The summed E-state index contributed by atoms with van der Waals surface area (Å²) in [4.78, 5) is 18.5. The number of carbonyl (C=O) groups excluding carboxylic acids is 1. The van der Waals surface area contributed by atoms with E-state index >= 15 is 0 Å². The van der Waals surface area contributed by atoms with Gasteiger partial charge in [0.25, 0.3) is 0 Å². The third kappa shape index (κ3) is 4.60. The number of pyridine rings is 1. The van der Waals surface area contributed by atoms with Gasteiger partial charge in [-0.05, 0) is 26.3 Å². The summed E-state index contributed by atoms with van der Waals surface area (Å²) >= 11 is 0. The normalized spacial score (nSPS) is 12.0. The van der Waals surface area contributed by atoms with Gasteiger partial charge in [0.05, 0.1) is 25.1 Å². The molecule has 0 aliphatic rings. The number of esters is 1. The van der Waals surface area contributed by atoms with Crippen molar-refractivity contribution in [2.75, 3.05) is 37.5 Å². The predicted molar refractivity (Wildman–Crippen MR) is 83.6 cm³/mol. The number of nitrogens with zero attached hydrogens (tertiary/aromatic N) is 2. The van der Waals surface area contributed by atoms with E-state index in [9.17, 15) is 4.79 Å². The van der Waals surface area contributed by atoms with Gasteiger partial charge in [-0.15, -0.1) is 0 Å². The number of anilines is 2. The molecule has 1 unspecified atom stereocenters. The van der Waals surface area contributed by atoms with Gasteiger partial charge in [-0.3, -0.25) is 0 Å². The van der Waals surface area contributed by atoms with Crippen LogP contribution in [0, 0.1) is 0 Å². The molecule has 0 aromatic carbocycles. The van der Waals surface area contributed by atoms with Crippen molar-refractivity contribution >= 4 is 17.5 Å². The number of aromatic nitrogens is 1. The summed E-state index contributed by atoms with van der Waals surface area (Å²) in [7, 11) is 1.65. The molecule has 1 aromatic rings. The molecule has 1 aromatic heterocycles. The first-order valence-electron chi connectivity index (χ1n) is 7.23. The predicted octanol–water partition coefficient (Wildman–Crippen LogP) is 2.09. The van der Waals surface area contributed by atoms with Crippen molar-refractivity contribution in [3.05, 3.63) is 17.8 Å². The van der Waals surface area contributed by atoms with Crippen molar-refractivity contribution < 1.29 is 14.3 Å². The van der Waals surface area contributed by atoms with Gasteiger partial charge < -0.3 is 20.1 Å². The molecule has 118 valence electrons. The molecule has 0 aliphatic carbocycles. The van der Waals surface area contributed by atoms with E-state index in [-0.39, 0.29) is 6.04 Å². The largest absolute Gasteiger partial charge is 0.462 e. The van der Waals surface area contributed by atoms with Crippen molar-refractivity contribution in [1.29, 1.82) is 0 Å². The third-order valence-corrected chi connectivity index (χ3v) is 3.31. The first-order valence-corrected chi connectivity index (χ1v) is 7.23. The SMILES string of the molecule is CCOC(=O)c1cc(N)cnc1N(CCOC)C(C)CC. The van der Waals surface area contributed by atoms with E-state index in [4.69, 9.17) is 15.2 Å². The highest BCUT2D eigenvalue weighted by molar-refractivity contribution is 5.95. The second-order valence-electron chi connectivity index (χ2n) is 4.80. The Kier molecular flexibility index (Phi) is 6.94. The van der Waals surface area contributed by atoms with Crippen LogP contribution in [0.3, 0.4) is 0 Å². The maximum Gasteiger partial charge on any atom is 0.341 e. The molecule has 6 nitrogen and oxygen atoms in total. The molecule has 2 N–H and O–H groups in total. The summed E-state index contributed by atoms with van der Waals surface area (Å²) in [5.41, 5.74) is 6.60. The van der Waals surface area contributed by atoms with E-state index in [2.05, 4.69) is 23.7 Å². The van der Waals surface area contributed by atoms with Gasteiger partial charge in [0.1, 0.15) is 11.4 Å². The highest BCUT2D eigenvalue weighted by Gasteiger charge is 2.22. The highest BCUT2D eigenvalue weighted by Crippen LogP contribution is 2.23. The van der Waals surface area contributed by atoms with Crippen LogP contribution in [0.1, 0.15) is 37.6 Å². The average molecular weight is 295 g/mol. The molecule has 0 bridgehead atoms. The van der Waals surface area contributed by atoms with Crippen LogP contribution in [0.2, 0.25) is 0 Å². The topological polar surface area (TPSA) is 77.7 Å². The lowest BCUT2D eigenvalue weighted by Gasteiger charge is -2.30. The number of carbonyl (C=O) groups is 1. The summed E-state index contributed by atoms with van der Waals surface area (Å²) < 4.78 is 10.2. The molecule has 0 fully saturated rings. The molecule has 1 heterocycles. The lowest BCUT2D eigenvalue weighted by atomic mass is 10.1. The van der Waals surface area contributed by atoms with E-state index < -0.39 is 5.97 Å². The van der Waals surface area contributed by atoms with Crippen LogP contribution in [0.4, 0.5) is 11.5 Å². The fraction of sp³-hybridized carbons (Fsp3) is 0.600. The van der Waals surface area contributed by atoms with Crippen LogP contribution in [0.25, 0.3) is 0 Å². The number of nitrogens with two attached hydrogens (primary N) is 1. The monoisotopic (exact) mass is 295 g/mol. The van der Waals surface area contributed by atoms with Crippen LogP contribution in [-0.2, 0) is 9.47 Å². The Morgan fingerprint density at radius 3 is 2.76 bits per heavy atom. The Hall–Kier alpha value is -1.82. The van der Waals surface area contributed by atoms with E-state index in [1.165, 1.54) is 0 Å². The van der Waals surface area contributed by atoms with Crippen molar-refractivity contribution in [1.82, 2.24) is 4.98 Å². The average Bonchev–Trinajstić information content (AvgIpc) is 2.48. The molecular weight excluding hydrogens is 270 g/mol. The summed E-state index contributed by atoms with van der Waals surface area (Å²) in [6.07, 6.45) is 2.48. The number of methoxy groups -OCH3 is 1. The van der Waals surface area contributed by atoms with Crippen LogP contribution in [0.5, 0.6) is 0 Å². The molecular formula is C15H25N3O3. The van der Waals surface area contributed by atoms with Crippen LogP contribution < -0.4 is 10.6 Å². The molecule has 0 saturated heterocycles. The van der Waals surface area contributed by atoms with Gasteiger partial charge in [0.15, 0.2) is 0 Å². The fourth-order valence-corrected chi connectivity index (χ4v) is 2.01. The smallest absolute Gasteiger partial charge is 0.341 e. The quantitative estimate of drug-likeness (QED) is 0.740. The zero-order valence-electron chi connectivity index (χ0n) is 13.3. The van der Waals surface area contributed by atoms with E-state index in [1.54, 1.807) is 26.3 Å². The number of nitrogen functional groups attached to an aromatic ring is 1. The number of hydrogen-bond acceptors (Lipinski definition) is 6. The van der Waals surface area contributed by atoms with E-state index in [0.717, 1.165) is 6.42 Å². The molecule has 6 heteroatoms. The first-order chi connectivity index (χ1) is 10.0. The molecule has 1 rings (SSSR count). The van der Waals surface area contributed by atoms with Gasteiger partial charge in [-0.25, -0.2) is 9.78 Å². The molecule has 21 heavy (non-hydrogen) atoms. The van der Waals surface area contributed by atoms with Crippen LogP contribution in [-0.4, -0.2) is 43.9 Å². The first kappa shape index (κ1) is 17.2. The second-order valence-corrected chi connectivity index (χ2v) is 4.80.